The Labute approximate surface area is 115 Å². The number of aromatic nitrogens is 1. The fraction of sp³-hybridized carbons (Fsp3) is 0.692. The molecule has 3 N–H and O–H groups in total. The van der Waals surface area contributed by atoms with Gasteiger partial charge >= 0.3 is 0 Å². The van der Waals surface area contributed by atoms with Crippen LogP contribution in [0.5, 0.6) is 0 Å². The summed E-state index contributed by atoms with van der Waals surface area (Å²) in [7, 11) is -3.45. The highest BCUT2D eigenvalue weighted by molar-refractivity contribution is 7.89. The van der Waals surface area contributed by atoms with Gasteiger partial charge in [-0.2, -0.15) is 0 Å². The van der Waals surface area contributed by atoms with Crippen LogP contribution in [0.2, 0.25) is 0 Å². The van der Waals surface area contributed by atoms with Crippen molar-refractivity contribution >= 4 is 10.0 Å². The van der Waals surface area contributed by atoms with Gasteiger partial charge in [-0.3, -0.25) is 0 Å². The van der Waals surface area contributed by atoms with Crippen molar-refractivity contribution in [2.45, 2.75) is 57.1 Å². The standard InChI is InChI=1S/C13H23N3O2S/c1-9(2)10(3)15-19(17,18)13-6-12(7-14)16(8-13)11-4-5-11/h6,8-11,15H,4-5,7,14H2,1-3H3. The van der Waals surface area contributed by atoms with Crippen LogP contribution in [0.4, 0.5) is 0 Å². The average molecular weight is 285 g/mol. The number of nitrogens with two attached hydrogens (primary N) is 1. The fourth-order valence-corrected chi connectivity index (χ4v) is 3.39. The van der Waals surface area contributed by atoms with E-state index in [1.54, 1.807) is 12.3 Å². The van der Waals surface area contributed by atoms with Crippen LogP contribution in [0.1, 0.15) is 45.3 Å². The van der Waals surface area contributed by atoms with Crippen molar-refractivity contribution in [2.75, 3.05) is 0 Å². The Kier molecular flexibility index (Phi) is 4.03. The Bertz CT molecular complexity index is 544. The molecule has 0 amide bonds. The van der Waals surface area contributed by atoms with Gasteiger partial charge in [0.15, 0.2) is 0 Å². The zero-order chi connectivity index (χ0) is 14.2. The Morgan fingerprint density at radius 1 is 1.42 bits per heavy atom. The van der Waals surface area contributed by atoms with Gasteiger partial charge in [-0.1, -0.05) is 13.8 Å². The molecule has 0 spiro atoms. The van der Waals surface area contributed by atoms with Gasteiger partial charge in [-0.25, -0.2) is 13.1 Å². The average Bonchev–Trinajstić information content (AvgIpc) is 3.07. The Hall–Kier alpha value is -0.850. The van der Waals surface area contributed by atoms with Gasteiger partial charge in [0.2, 0.25) is 10.0 Å². The summed E-state index contributed by atoms with van der Waals surface area (Å²) in [4.78, 5) is 0.326. The lowest BCUT2D eigenvalue weighted by Gasteiger charge is -2.16. The third-order valence-corrected chi connectivity index (χ3v) is 5.23. The lowest BCUT2D eigenvalue weighted by molar-refractivity contribution is 0.476. The lowest BCUT2D eigenvalue weighted by Crippen LogP contribution is -2.35. The number of hydrogen-bond acceptors (Lipinski definition) is 3. The van der Waals surface area contributed by atoms with Crippen LogP contribution in [-0.4, -0.2) is 19.0 Å². The van der Waals surface area contributed by atoms with E-state index in [1.807, 2.05) is 25.3 Å². The van der Waals surface area contributed by atoms with Crippen LogP contribution in [0.3, 0.4) is 0 Å². The van der Waals surface area contributed by atoms with E-state index in [0.717, 1.165) is 18.5 Å². The summed E-state index contributed by atoms with van der Waals surface area (Å²) >= 11 is 0. The van der Waals surface area contributed by atoms with Gasteiger partial charge in [0.05, 0.1) is 4.90 Å². The molecular weight excluding hydrogens is 262 g/mol. The molecule has 0 saturated heterocycles. The molecule has 19 heavy (non-hydrogen) atoms. The maximum atomic E-state index is 12.3. The second-order valence-corrected chi connectivity index (χ2v) is 7.38. The Balaban J connectivity index is 2.25. The van der Waals surface area contributed by atoms with Gasteiger partial charge in [-0.05, 0) is 31.7 Å². The summed E-state index contributed by atoms with van der Waals surface area (Å²) < 4.78 is 29.3. The van der Waals surface area contributed by atoms with E-state index in [2.05, 4.69) is 4.72 Å². The highest BCUT2D eigenvalue weighted by Gasteiger charge is 2.28. The van der Waals surface area contributed by atoms with Crippen molar-refractivity contribution in [1.29, 1.82) is 0 Å². The SMILES string of the molecule is CC(C)C(C)NS(=O)(=O)c1cc(CN)n(C2CC2)c1. The van der Waals surface area contributed by atoms with Crippen LogP contribution >= 0.6 is 0 Å². The van der Waals surface area contributed by atoms with Crippen molar-refractivity contribution in [1.82, 2.24) is 9.29 Å². The number of nitrogens with one attached hydrogen (secondary N) is 1. The molecule has 1 saturated carbocycles. The van der Waals surface area contributed by atoms with Crippen LogP contribution in [0.25, 0.3) is 0 Å². The van der Waals surface area contributed by atoms with Crippen molar-refractivity contribution in [3.63, 3.8) is 0 Å². The van der Waals surface area contributed by atoms with Crippen LogP contribution in [0.15, 0.2) is 17.2 Å². The number of sulfonamides is 1. The summed E-state index contributed by atoms with van der Waals surface area (Å²) in [6.07, 6.45) is 3.93. The van der Waals surface area contributed by atoms with E-state index < -0.39 is 10.0 Å². The van der Waals surface area contributed by atoms with Gasteiger partial charge < -0.3 is 10.3 Å². The van der Waals surface area contributed by atoms with Crippen LogP contribution in [-0.2, 0) is 16.6 Å². The molecule has 1 aliphatic carbocycles. The molecule has 1 aromatic rings. The minimum Gasteiger partial charge on any atom is -0.346 e. The highest BCUT2D eigenvalue weighted by Crippen LogP contribution is 2.37. The third kappa shape index (κ3) is 3.19. The minimum absolute atomic E-state index is 0.0874. The molecule has 2 rings (SSSR count). The van der Waals surface area contributed by atoms with E-state index in [9.17, 15) is 8.42 Å². The molecule has 0 radical (unpaired) electrons. The molecule has 1 heterocycles. The van der Waals surface area contributed by atoms with Gasteiger partial charge in [0, 0.05) is 30.5 Å². The topological polar surface area (TPSA) is 77.1 Å². The summed E-state index contributed by atoms with van der Waals surface area (Å²) in [5, 5.41) is 0. The van der Waals surface area contributed by atoms with E-state index >= 15 is 0 Å². The molecule has 0 aliphatic heterocycles. The number of rotatable bonds is 6. The molecule has 1 fully saturated rings. The van der Waals surface area contributed by atoms with Gasteiger partial charge in [-0.15, -0.1) is 0 Å². The quantitative estimate of drug-likeness (QED) is 0.833. The second-order valence-electron chi connectivity index (χ2n) is 5.66. The fourth-order valence-electron chi connectivity index (χ4n) is 1.95. The van der Waals surface area contributed by atoms with E-state index in [4.69, 9.17) is 5.73 Å². The molecule has 0 aromatic carbocycles. The van der Waals surface area contributed by atoms with E-state index in [0.29, 0.717) is 17.5 Å². The second kappa shape index (κ2) is 5.26. The first-order chi connectivity index (χ1) is 8.85. The third-order valence-electron chi connectivity index (χ3n) is 3.71. The van der Waals surface area contributed by atoms with Crippen molar-refractivity contribution in [2.24, 2.45) is 11.7 Å². The molecule has 108 valence electrons. The molecule has 0 bridgehead atoms. The number of hydrogen-bond donors (Lipinski definition) is 2. The zero-order valence-corrected chi connectivity index (χ0v) is 12.6. The zero-order valence-electron chi connectivity index (χ0n) is 11.8. The molecular formula is C13H23N3O2S. The van der Waals surface area contributed by atoms with Gasteiger partial charge in [0.1, 0.15) is 0 Å². The largest absolute Gasteiger partial charge is 0.346 e. The first kappa shape index (κ1) is 14.6. The summed E-state index contributed by atoms with van der Waals surface area (Å²) in [5.74, 6) is 0.259. The summed E-state index contributed by atoms with van der Waals surface area (Å²) in [5.41, 5.74) is 6.58. The molecule has 1 unspecified atom stereocenters. The maximum Gasteiger partial charge on any atom is 0.242 e. The normalized spacial score (nSPS) is 17.9. The van der Waals surface area contributed by atoms with Crippen LogP contribution < -0.4 is 10.5 Å². The first-order valence-corrected chi connectivity index (χ1v) is 8.26. The van der Waals surface area contributed by atoms with Crippen LogP contribution in [0, 0.1) is 5.92 Å². The first-order valence-electron chi connectivity index (χ1n) is 6.78. The molecule has 1 aliphatic rings. The molecule has 1 atom stereocenters. The smallest absolute Gasteiger partial charge is 0.242 e. The molecule has 6 heteroatoms. The number of nitrogens with zero attached hydrogens (tertiary/aromatic N) is 1. The van der Waals surface area contributed by atoms with E-state index in [-0.39, 0.29) is 12.0 Å². The molecule has 1 aromatic heterocycles. The van der Waals surface area contributed by atoms with E-state index in [1.165, 1.54) is 0 Å². The Morgan fingerprint density at radius 3 is 2.53 bits per heavy atom. The Morgan fingerprint density at radius 2 is 2.05 bits per heavy atom. The van der Waals surface area contributed by atoms with Crippen molar-refractivity contribution in [3.8, 4) is 0 Å². The highest BCUT2D eigenvalue weighted by atomic mass is 32.2. The summed E-state index contributed by atoms with van der Waals surface area (Å²) in [6.45, 7) is 6.23. The van der Waals surface area contributed by atoms with Crippen molar-refractivity contribution in [3.05, 3.63) is 18.0 Å². The maximum absolute atomic E-state index is 12.3. The monoisotopic (exact) mass is 285 g/mol. The summed E-state index contributed by atoms with van der Waals surface area (Å²) in [6, 6.07) is 2.04. The lowest BCUT2D eigenvalue weighted by atomic mass is 10.1. The van der Waals surface area contributed by atoms with Crippen molar-refractivity contribution < 1.29 is 8.42 Å². The predicted molar refractivity (Wildman–Crippen MR) is 75.2 cm³/mol. The van der Waals surface area contributed by atoms with Gasteiger partial charge in [0.25, 0.3) is 0 Å². The minimum atomic E-state index is -3.45. The molecule has 5 nitrogen and oxygen atoms in total. The predicted octanol–water partition coefficient (Wildman–Crippen LogP) is 1.60.